The summed E-state index contributed by atoms with van der Waals surface area (Å²) in [4.78, 5) is 16.2. The highest BCUT2D eigenvalue weighted by Crippen LogP contribution is 2.30. The number of pyridine rings is 1. The molecule has 0 spiro atoms. The quantitative estimate of drug-likeness (QED) is 0.868. The zero-order valence-electron chi connectivity index (χ0n) is 12.5. The Hall–Kier alpha value is -1.58. The predicted octanol–water partition coefficient (Wildman–Crippen LogP) is 3.07. The molecule has 2 rings (SSSR count). The van der Waals surface area contributed by atoms with Crippen molar-refractivity contribution in [2.45, 2.75) is 39.0 Å². The highest BCUT2D eigenvalue weighted by atomic mass is 16.1. The minimum Gasteiger partial charge on any atom is -0.386 e. The molecule has 1 amide bonds. The minimum absolute atomic E-state index is 0.0133. The van der Waals surface area contributed by atoms with Crippen molar-refractivity contribution >= 4 is 11.6 Å². The van der Waals surface area contributed by atoms with E-state index in [-0.39, 0.29) is 5.91 Å². The second kappa shape index (κ2) is 7.27. The Balaban J connectivity index is 1.80. The second-order valence-corrected chi connectivity index (χ2v) is 5.85. The molecule has 1 heterocycles. The molecule has 1 aromatic rings. The third-order valence-electron chi connectivity index (χ3n) is 4.22. The van der Waals surface area contributed by atoms with E-state index in [1.54, 1.807) is 25.5 Å². The number of carbonyl (C=O) groups is 1. The van der Waals surface area contributed by atoms with Crippen LogP contribution in [0.4, 0.5) is 5.69 Å². The Morgan fingerprint density at radius 2 is 2.30 bits per heavy atom. The average Bonchev–Trinajstić information content (AvgIpc) is 2.47. The maximum absolute atomic E-state index is 12.2. The molecule has 110 valence electrons. The molecule has 0 saturated heterocycles. The largest absolute Gasteiger partial charge is 0.386 e. The van der Waals surface area contributed by atoms with Crippen LogP contribution >= 0.6 is 0 Å². The Bertz CT molecular complexity index is 447. The monoisotopic (exact) mass is 275 g/mol. The number of anilines is 1. The van der Waals surface area contributed by atoms with Crippen LogP contribution in [-0.2, 0) is 0 Å². The van der Waals surface area contributed by atoms with Crippen molar-refractivity contribution in [3.05, 3.63) is 24.0 Å². The van der Waals surface area contributed by atoms with Crippen molar-refractivity contribution in [1.29, 1.82) is 0 Å². The Labute approximate surface area is 121 Å². The van der Waals surface area contributed by atoms with Crippen LogP contribution in [0, 0.1) is 11.8 Å². The molecule has 4 heteroatoms. The van der Waals surface area contributed by atoms with Gasteiger partial charge in [0, 0.05) is 19.8 Å². The van der Waals surface area contributed by atoms with E-state index in [4.69, 9.17) is 0 Å². The molecule has 2 N–H and O–H groups in total. The number of nitrogens with one attached hydrogen (secondary N) is 2. The zero-order chi connectivity index (χ0) is 14.4. The van der Waals surface area contributed by atoms with Gasteiger partial charge >= 0.3 is 0 Å². The summed E-state index contributed by atoms with van der Waals surface area (Å²) in [5, 5.41) is 6.03. The van der Waals surface area contributed by atoms with Gasteiger partial charge in [-0.15, -0.1) is 0 Å². The summed E-state index contributed by atoms with van der Waals surface area (Å²) in [5.74, 6) is 1.61. The molecule has 1 aliphatic carbocycles. The summed E-state index contributed by atoms with van der Waals surface area (Å²) < 4.78 is 0. The van der Waals surface area contributed by atoms with Crippen molar-refractivity contribution in [2.75, 3.05) is 18.9 Å². The first kappa shape index (κ1) is 14.8. The minimum atomic E-state index is -0.0133. The average molecular weight is 275 g/mol. The summed E-state index contributed by atoms with van der Waals surface area (Å²) in [5.41, 5.74) is 1.44. The van der Waals surface area contributed by atoms with Crippen molar-refractivity contribution in [1.82, 2.24) is 10.3 Å². The fourth-order valence-electron chi connectivity index (χ4n) is 3.10. The standard InChI is InChI=1S/C16H25N3O/c1-12-4-3-5-13(10-12)6-9-19-16(20)14-7-8-18-11-15(14)17-2/h7-8,11-13,17H,3-6,9-10H2,1-2H3,(H,19,20). The third kappa shape index (κ3) is 3.95. The number of aromatic nitrogens is 1. The molecule has 0 bridgehead atoms. The van der Waals surface area contributed by atoms with Gasteiger partial charge in [-0.1, -0.05) is 26.2 Å². The van der Waals surface area contributed by atoms with Gasteiger partial charge in [0.2, 0.25) is 0 Å². The van der Waals surface area contributed by atoms with Gasteiger partial charge in [-0.3, -0.25) is 9.78 Å². The molecule has 1 aliphatic rings. The lowest BCUT2D eigenvalue weighted by Gasteiger charge is -2.26. The van der Waals surface area contributed by atoms with E-state index in [0.717, 1.165) is 30.5 Å². The number of rotatable bonds is 5. The van der Waals surface area contributed by atoms with Crippen LogP contribution in [0.2, 0.25) is 0 Å². The summed E-state index contributed by atoms with van der Waals surface area (Å²) in [7, 11) is 1.80. The van der Waals surface area contributed by atoms with Crippen molar-refractivity contribution < 1.29 is 4.79 Å². The number of amides is 1. The van der Waals surface area contributed by atoms with E-state index >= 15 is 0 Å². The molecule has 1 aromatic heterocycles. The Kier molecular flexibility index (Phi) is 5.39. The fraction of sp³-hybridized carbons (Fsp3) is 0.625. The molecular formula is C16H25N3O. The summed E-state index contributed by atoms with van der Waals surface area (Å²) in [6.07, 6.45) is 9.76. The maximum atomic E-state index is 12.2. The lowest BCUT2D eigenvalue weighted by molar-refractivity contribution is 0.0950. The Morgan fingerprint density at radius 1 is 1.45 bits per heavy atom. The van der Waals surface area contributed by atoms with Gasteiger partial charge in [0.15, 0.2) is 0 Å². The number of hydrogen-bond acceptors (Lipinski definition) is 3. The molecule has 0 radical (unpaired) electrons. The maximum Gasteiger partial charge on any atom is 0.253 e. The van der Waals surface area contributed by atoms with Crippen LogP contribution in [0.15, 0.2) is 18.5 Å². The summed E-state index contributed by atoms with van der Waals surface area (Å²) in [6.45, 7) is 3.10. The van der Waals surface area contributed by atoms with Gasteiger partial charge in [0.25, 0.3) is 5.91 Å². The van der Waals surface area contributed by atoms with E-state index in [2.05, 4.69) is 22.5 Å². The van der Waals surface area contributed by atoms with E-state index in [1.165, 1.54) is 25.7 Å². The molecule has 0 aliphatic heterocycles. The molecule has 1 fully saturated rings. The van der Waals surface area contributed by atoms with E-state index < -0.39 is 0 Å². The number of hydrogen-bond donors (Lipinski definition) is 2. The Morgan fingerprint density at radius 3 is 3.05 bits per heavy atom. The molecular weight excluding hydrogens is 250 g/mol. The predicted molar refractivity (Wildman–Crippen MR) is 81.9 cm³/mol. The molecule has 0 aromatic carbocycles. The van der Waals surface area contributed by atoms with E-state index in [1.807, 2.05) is 0 Å². The number of carbonyl (C=O) groups excluding carboxylic acids is 1. The molecule has 20 heavy (non-hydrogen) atoms. The van der Waals surface area contributed by atoms with Crippen LogP contribution in [0.3, 0.4) is 0 Å². The highest BCUT2D eigenvalue weighted by Gasteiger charge is 2.19. The first-order valence-electron chi connectivity index (χ1n) is 7.60. The molecule has 4 nitrogen and oxygen atoms in total. The van der Waals surface area contributed by atoms with Gasteiger partial charge in [0.1, 0.15) is 0 Å². The van der Waals surface area contributed by atoms with Crippen LogP contribution in [0.5, 0.6) is 0 Å². The second-order valence-electron chi connectivity index (χ2n) is 5.85. The van der Waals surface area contributed by atoms with E-state index in [9.17, 15) is 4.79 Å². The van der Waals surface area contributed by atoms with Gasteiger partial charge in [-0.2, -0.15) is 0 Å². The first-order valence-corrected chi connectivity index (χ1v) is 7.60. The lowest BCUT2D eigenvalue weighted by atomic mass is 9.81. The van der Waals surface area contributed by atoms with Crippen LogP contribution in [-0.4, -0.2) is 24.5 Å². The van der Waals surface area contributed by atoms with Crippen molar-refractivity contribution in [3.8, 4) is 0 Å². The fourth-order valence-corrected chi connectivity index (χ4v) is 3.10. The first-order chi connectivity index (χ1) is 9.70. The molecule has 2 unspecified atom stereocenters. The van der Waals surface area contributed by atoms with Gasteiger partial charge in [0.05, 0.1) is 17.4 Å². The highest BCUT2D eigenvalue weighted by molar-refractivity contribution is 5.99. The number of nitrogens with zero attached hydrogens (tertiary/aromatic N) is 1. The third-order valence-corrected chi connectivity index (χ3v) is 4.22. The topological polar surface area (TPSA) is 54.0 Å². The smallest absolute Gasteiger partial charge is 0.253 e. The SMILES string of the molecule is CNc1cnccc1C(=O)NCCC1CCCC(C)C1. The summed E-state index contributed by atoms with van der Waals surface area (Å²) in [6, 6.07) is 1.75. The molecule has 2 atom stereocenters. The zero-order valence-corrected chi connectivity index (χ0v) is 12.5. The van der Waals surface area contributed by atoms with E-state index in [0.29, 0.717) is 5.56 Å². The van der Waals surface area contributed by atoms with Gasteiger partial charge in [-0.05, 0) is 30.7 Å². The van der Waals surface area contributed by atoms with Gasteiger partial charge in [-0.25, -0.2) is 0 Å². The normalized spacial score (nSPS) is 22.3. The van der Waals surface area contributed by atoms with Crippen molar-refractivity contribution in [2.24, 2.45) is 11.8 Å². The molecule has 1 saturated carbocycles. The summed E-state index contributed by atoms with van der Waals surface area (Å²) >= 11 is 0. The van der Waals surface area contributed by atoms with Gasteiger partial charge < -0.3 is 10.6 Å². The van der Waals surface area contributed by atoms with Crippen LogP contribution in [0.25, 0.3) is 0 Å². The van der Waals surface area contributed by atoms with Crippen LogP contribution < -0.4 is 10.6 Å². The van der Waals surface area contributed by atoms with Crippen LogP contribution in [0.1, 0.15) is 49.4 Å². The van der Waals surface area contributed by atoms with Crippen molar-refractivity contribution in [3.63, 3.8) is 0 Å². The lowest BCUT2D eigenvalue weighted by Crippen LogP contribution is -2.27.